The molecule has 0 bridgehead atoms. The minimum atomic E-state index is -0.220. The number of aromatic amines is 1. The fourth-order valence-electron chi connectivity index (χ4n) is 2.73. The van der Waals surface area contributed by atoms with Crippen LogP contribution in [0.25, 0.3) is 10.9 Å². The summed E-state index contributed by atoms with van der Waals surface area (Å²) in [6.07, 6.45) is 2.65. The van der Waals surface area contributed by atoms with Crippen LogP contribution in [0, 0.1) is 0 Å². The number of anilines is 1. The van der Waals surface area contributed by atoms with Crippen molar-refractivity contribution in [2.24, 2.45) is 0 Å². The number of H-pyrrole nitrogens is 1. The molecule has 4 rings (SSSR count). The summed E-state index contributed by atoms with van der Waals surface area (Å²) in [5.41, 5.74) is 2.80. The normalized spacial score (nSPS) is 10.8. The Bertz CT molecular complexity index is 1050. The molecule has 4 aromatic rings. The average molecular weight is 364 g/mol. The molecule has 0 aliphatic carbocycles. The predicted molar refractivity (Wildman–Crippen MR) is 102 cm³/mol. The van der Waals surface area contributed by atoms with Crippen molar-refractivity contribution in [2.45, 2.75) is 6.42 Å². The fraction of sp³-hybridized carbons (Fsp3) is 0.105. The molecule has 0 saturated carbocycles. The van der Waals surface area contributed by atoms with E-state index in [2.05, 4.69) is 26.6 Å². The average Bonchev–Trinajstić information content (AvgIpc) is 3.29. The molecule has 6 nitrogen and oxygen atoms in total. The maximum atomic E-state index is 12.3. The first kappa shape index (κ1) is 16.3. The number of ether oxygens (including phenoxy) is 1. The summed E-state index contributed by atoms with van der Waals surface area (Å²) in [6, 6.07) is 15.0. The van der Waals surface area contributed by atoms with Gasteiger partial charge in [-0.25, -0.2) is 0 Å². The second kappa shape index (κ2) is 6.97. The molecule has 0 radical (unpaired) electrons. The highest BCUT2D eigenvalue weighted by Crippen LogP contribution is 2.24. The molecule has 0 saturated heterocycles. The van der Waals surface area contributed by atoms with Gasteiger partial charge in [0.25, 0.3) is 5.91 Å². The largest absolute Gasteiger partial charge is 0.497 e. The van der Waals surface area contributed by atoms with Crippen LogP contribution >= 0.6 is 11.3 Å². The molecule has 0 spiro atoms. The van der Waals surface area contributed by atoms with Crippen LogP contribution in [0.2, 0.25) is 0 Å². The van der Waals surface area contributed by atoms with Crippen molar-refractivity contribution in [1.82, 2.24) is 15.2 Å². The number of aromatic nitrogens is 3. The Morgan fingerprint density at radius 3 is 2.77 bits per heavy atom. The van der Waals surface area contributed by atoms with Gasteiger partial charge in [0.2, 0.25) is 5.13 Å². The number of benzene rings is 2. The number of methoxy groups -OCH3 is 1. The van der Waals surface area contributed by atoms with Gasteiger partial charge in [0.05, 0.1) is 7.11 Å². The van der Waals surface area contributed by atoms with Crippen molar-refractivity contribution in [3.8, 4) is 5.75 Å². The number of carbonyl (C=O) groups is 1. The molecule has 130 valence electrons. The highest BCUT2D eigenvalue weighted by molar-refractivity contribution is 7.15. The lowest BCUT2D eigenvalue weighted by Crippen LogP contribution is -2.11. The van der Waals surface area contributed by atoms with Gasteiger partial charge in [-0.05, 0) is 35.9 Å². The van der Waals surface area contributed by atoms with E-state index in [9.17, 15) is 4.79 Å². The maximum absolute atomic E-state index is 12.3. The Labute approximate surface area is 153 Å². The molecular formula is C19H16N4O2S. The van der Waals surface area contributed by atoms with E-state index >= 15 is 0 Å². The minimum absolute atomic E-state index is 0.220. The monoisotopic (exact) mass is 364 g/mol. The lowest BCUT2D eigenvalue weighted by Gasteiger charge is -2.02. The smallest absolute Gasteiger partial charge is 0.257 e. The van der Waals surface area contributed by atoms with Crippen molar-refractivity contribution in [1.29, 1.82) is 0 Å². The lowest BCUT2D eigenvalue weighted by atomic mass is 10.1. The molecule has 0 unspecified atom stereocenters. The molecular weight excluding hydrogens is 348 g/mol. The van der Waals surface area contributed by atoms with Crippen LogP contribution in [0.3, 0.4) is 0 Å². The molecule has 0 fully saturated rings. The van der Waals surface area contributed by atoms with Crippen LogP contribution in [0.4, 0.5) is 5.13 Å². The van der Waals surface area contributed by atoms with Gasteiger partial charge in [-0.2, -0.15) is 0 Å². The van der Waals surface area contributed by atoms with Gasteiger partial charge >= 0.3 is 0 Å². The number of nitrogens with one attached hydrogen (secondary N) is 2. The molecule has 2 aromatic heterocycles. The first-order valence-electron chi connectivity index (χ1n) is 8.06. The van der Waals surface area contributed by atoms with Gasteiger partial charge in [-0.15, -0.1) is 10.2 Å². The van der Waals surface area contributed by atoms with E-state index in [1.54, 1.807) is 31.4 Å². The SMILES string of the molecule is COc1ccc(C(=O)Nc2nnc(Cc3c[nH]c4ccccc34)s2)cc1. The molecule has 1 amide bonds. The highest BCUT2D eigenvalue weighted by Gasteiger charge is 2.12. The van der Waals surface area contributed by atoms with Crippen molar-refractivity contribution < 1.29 is 9.53 Å². The summed E-state index contributed by atoms with van der Waals surface area (Å²) in [7, 11) is 1.59. The topological polar surface area (TPSA) is 79.9 Å². The highest BCUT2D eigenvalue weighted by atomic mass is 32.1. The molecule has 2 heterocycles. The van der Waals surface area contributed by atoms with Gasteiger partial charge in [0, 0.05) is 29.1 Å². The van der Waals surface area contributed by atoms with Crippen molar-refractivity contribution in [3.63, 3.8) is 0 Å². The Balaban J connectivity index is 1.46. The molecule has 2 N–H and O–H groups in total. The number of fused-ring (bicyclic) bond motifs is 1. The number of para-hydroxylation sites is 1. The van der Waals surface area contributed by atoms with Gasteiger partial charge in [0.15, 0.2) is 0 Å². The zero-order chi connectivity index (χ0) is 17.9. The Morgan fingerprint density at radius 2 is 1.96 bits per heavy atom. The van der Waals surface area contributed by atoms with Crippen LogP contribution in [0.15, 0.2) is 54.7 Å². The second-order valence-electron chi connectivity index (χ2n) is 5.72. The standard InChI is InChI=1S/C19H16N4O2S/c1-25-14-8-6-12(7-9-14)18(24)21-19-23-22-17(26-19)10-13-11-20-16-5-3-2-4-15(13)16/h2-9,11,20H,10H2,1H3,(H,21,23,24). The van der Waals surface area contributed by atoms with E-state index in [1.807, 2.05) is 24.4 Å². The lowest BCUT2D eigenvalue weighted by molar-refractivity contribution is 0.102. The molecule has 0 aliphatic heterocycles. The molecule has 2 aromatic carbocycles. The van der Waals surface area contributed by atoms with E-state index in [4.69, 9.17) is 4.74 Å². The van der Waals surface area contributed by atoms with Gasteiger partial charge in [-0.1, -0.05) is 29.5 Å². The summed E-state index contributed by atoms with van der Waals surface area (Å²) in [5.74, 6) is 0.487. The number of hydrogen-bond donors (Lipinski definition) is 2. The first-order chi connectivity index (χ1) is 12.7. The molecule has 26 heavy (non-hydrogen) atoms. The Morgan fingerprint density at radius 1 is 1.15 bits per heavy atom. The van der Waals surface area contributed by atoms with Crippen LogP contribution in [-0.2, 0) is 6.42 Å². The molecule has 0 aliphatic rings. The summed E-state index contributed by atoms with van der Waals surface area (Å²) >= 11 is 1.38. The summed E-state index contributed by atoms with van der Waals surface area (Å²) in [4.78, 5) is 15.6. The quantitative estimate of drug-likeness (QED) is 0.563. The van der Waals surface area contributed by atoms with Crippen molar-refractivity contribution in [2.75, 3.05) is 12.4 Å². The number of carbonyl (C=O) groups excluding carboxylic acids is 1. The van der Waals surface area contributed by atoms with Crippen LogP contribution in [-0.4, -0.2) is 28.2 Å². The predicted octanol–water partition coefficient (Wildman–Crippen LogP) is 3.87. The van der Waals surface area contributed by atoms with E-state index in [0.29, 0.717) is 22.9 Å². The zero-order valence-electron chi connectivity index (χ0n) is 14.0. The second-order valence-corrected chi connectivity index (χ2v) is 6.78. The Kier molecular flexibility index (Phi) is 4.37. The van der Waals surface area contributed by atoms with Crippen LogP contribution < -0.4 is 10.1 Å². The van der Waals surface area contributed by atoms with Gasteiger partial charge in [0.1, 0.15) is 10.8 Å². The third-order valence-electron chi connectivity index (χ3n) is 4.06. The number of rotatable bonds is 5. The van der Waals surface area contributed by atoms with Gasteiger partial charge < -0.3 is 9.72 Å². The first-order valence-corrected chi connectivity index (χ1v) is 8.87. The van der Waals surface area contributed by atoms with E-state index in [0.717, 1.165) is 16.1 Å². The summed E-state index contributed by atoms with van der Waals surface area (Å²) in [6.45, 7) is 0. The third-order valence-corrected chi connectivity index (χ3v) is 4.89. The van der Waals surface area contributed by atoms with Crippen molar-refractivity contribution >= 4 is 33.3 Å². The van der Waals surface area contributed by atoms with Gasteiger partial charge in [-0.3, -0.25) is 10.1 Å². The maximum Gasteiger partial charge on any atom is 0.257 e. The van der Waals surface area contributed by atoms with Crippen molar-refractivity contribution in [3.05, 3.63) is 70.9 Å². The number of hydrogen-bond acceptors (Lipinski definition) is 5. The molecule has 7 heteroatoms. The summed E-state index contributed by atoms with van der Waals surface area (Å²) < 4.78 is 5.10. The third kappa shape index (κ3) is 3.29. The van der Waals surface area contributed by atoms with E-state index in [1.165, 1.54) is 16.7 Å². The minimum Gasteiger partial charge on any atom is -0.497 e. The summed E-state index contributed by atoms with van der Waals surface area (Å²) in [5, 5.41) is 13.6. The molecule has 0 atom stereocenters. The number of nitrogens with zero attached hydrogens (tertiary/aromatic N) is 2. The fourth-order valence-corrected chi connectivity index (χ4v) is 3.49. The number of amides is 1. The Hall–Kier alpha value is -3.19. The van der Waals surface area contributed by atoms with E-state index < -0.39 is 0 Å². The van der Waals surface area contributed by atoms with Crippen LogP contribution in [0.5, 0.6) is 5.75 Å². The van der Waals surface area contributed by atoms with Crippen LogP contribution in [0.1, 0.15) is 20.9 Å². The zero-order valence-corrected chi connectivity index (χ0v) is 14.8. The van der Waals surface area contributed by atoms with E-state index in [-0.39, 0.29) is 5.91 Å².